The molecule has 0 radical (unpaired) electrons. The van der Waals surface area contributed by atoms with Crippen LogP contribution in [-0.4, -0.2) is 23.4 Å². The lowest BCUT2D eigenvalue weighted by Gasteiger charge is -2.31. The summed E-state index contributed by atoms with van der Waals surface area (Å²) in [7, 11) is 0. The van der Waals surface area contributed by atoms with E-state index in [-0.39, 0.29) is 11.9 Å². The number of benzene rings is 1. The molecule has 1 saturated heterocycles. The Balaban J connectivity index is 2.18. The van der Waals surface area contributed by atoms with E-state index < -0.39 is 0 Å². The number of piperidine rings is 1. The molecule has 0 N–H and O–H groups in total. The van der Waals surface area contributed by atoms with Gasteiger partial charge in [0.25, 0.3) is 5.91 Å². The number of hydrogen-bond donors (Lipinski definition) is 0. The Morgan fingerprint density at radius 2 is 2.06 bits per heavy atom. The van der Waals surface area contributed by atoms with Gasteiger partial charge in [-0.05, 0) is 43.5 Å². The highest BCUT2D eigenvalue weighted by Crippen LogP contribution is 2.20. The molecule has 2 rings (SSSR count). The summed E-state index contributed by atoms with van der Waals surface area (Å²) in [4.78, 5) is 13.9. The highest BCUT2D eigenvalue weighted by Gasteiger charge is 2.26. The topological polar surface area (TPSA) is 44.1 Å². The average molecular weight is 293 g/mol. The third-order valence-corrected chi connectivity index (χ3v) is 3.53. The first kappa shape index (κ1) is 12.1. The summed E-state index contributed by atoms with van der Waals surface area (Å²) >= 11 is 3.34. The largest absolute Gasteiger partial charge is 0.323 e. The van der Waals surface area contributed by atoms with Crippen LogP contribution in [0.15, 0.2) is 28.7 Å². The van der Waals surface area contributed by atoms with Crippen LogP contribution in [0.1, 0.15) is 29.6 Å². The minimum Gasteiger partial charge on any atom is -0.323 e. The minimum atomic E-state index is -0.264. The van der Waals surface area contributed by atoms with Crippen molar-refractivity contribution in [2.24, 2.45) is 0 Å². The number of nitrogens with zero attached hydrogens (tertiary/aromatic N) is 2. The highest BCUT2D eigenvalue weighted by atomic mass is 79.9. The monoisotopic (exact) mass is 292 g/mol. The van der Waals surface area contributed by atoms with Gasteiger partial charge in [0.05, 0.1) is 6.07 Å². The zero-order valence-corrected chi connectivity index (χ0v) is 11.0. The summed E-state index contributed by atoms with van der Waals surface area (Å²) in [6.45, 7) is 0.688. The predicted molar refractivity (Wildman–Crippen MR) is 68.4 cm³/mol. The zero-order chi connectivity index (χ0) is 12.3. The summed E-state index contributed by atoms with van der Waals surface area (Å²) in [5.74, 6) is -0.0382. The Labute approximate surface area is 109 Å². The van der Waals surface area contributed by atoms with Gasteiger partial charge in [-0.2, -0.15) is 5.26 Å². The molecule has 0 aromatic heterocycles. The second-order valence-corrected chi connectivity index (χ2v) is 5.06. The van der Waals surface area contributed by atoms with E-state index in [9.17, 15) is 4.79 Å². The van der Waals surface area contributed by atoms with E-state index in [1.54, 1.807) is 17.0 Å². The van der Waals surface area contributed by atoms with Crippen molar-refractivity contribution in [3.05, 3.63) is 34.3 Å². The van der Waals surface area contributed by atoms with Crippen LogP contribution >= 0.6 is 15.9 Å². The van der Waals surface area contributed by atoms with Crippen LogP contribution in [0.4, 0.5) is 0 Å². The third kappa shape index (κ3) is 2.67. The van der Waals surface area contributed by atoms with Gasteiger partial charge in [0.1, 0.15) is 6.04 Å². The normalized spacial score (nSPS) is 19.8. The van der Waals surface area contributed by atoms with Gasteiger partial charge in [-0.15, -0.1) is 0 Å². The summed E-state index contributed by atoms with van der Waals surface area (Å²) in [6.07, 6.45) is 2.81. The summed E-state index contributed by atoms with van der Waals surface area (Å²) in [5.41, 5.74) is 0.648. The number of nitriles is 1. The fourth-order valence-electron chi connectivity index (χ4n) is 2.07. The lowest BCUT2D eigenvalue weighted by molar-refractivity contribution is 0.0670. The van der Waals surface area contributed by atoms with Crippen LogP contribution in [0, 0.1) is 11.3 Å². The second-order valence-electron chi connectivity index (χ2n) is 4.15. The Kier molecular flexibility index (Phi) is 3.80. The van der Waals surface area contributed by atoms with Crippen molar-refractivity contribution in [3.8, 4) is 6.07 Å². The van der Waals surface area contributed by atoms with Crippen molar-refractivity contribution < 1.29 is 4.79 Å². The van der Waals surface area contributed by atoms with Crippen molar-refractivity contribution in [3.63, 3.8) is 0 Å². The number of carbonyl (C=O) groups excluding carboxylic acids is 1. The van der Waals surface area contributed by atoms with E-state index in [1.807, 2.05) is 12.1 Å². The Hall–Kier alpha value is -1.34. The average Bonchev–Trinajstić information content (AvgIpc) is 2.39. The highest BCUT2D eigenvalue weighted by molar-refractivity contribution is 9.10. The zero-order valence-electron chi connectivity index (χ0n) is 9.40. The molecule has 1 aromatic rings. The Bertz CT molecular complexity index is 449. The molecule has 1 aromatic carbocycles. The maximum Gasteiger partial charge on any atom is 0.254 e. The van der Waals surface area contributed by atoms with Crippen molar-refractivity contribution >= 4 is 21.8 Å². The molecule has 1 aliphatic rings. The van der Waals surface area contributed by atoms with Gasteiger partial charge in [0.2, 0.25) is 0 Å². The van der Waals surface area contributed by atoms with E-state index in [4.69, 9.17) is 5.26 Å². The molecule has 4 heteroatoms. The van der Waals surface area contributed by atoms with E-state index in [2.05, 4.69) is 22.0 Å². The van der Waals surface area contributed by atoms with E-state index in [0.29, 0.717) is 12.1 Å². The fraction of sp³-hybridized carbons (Fsp3) is 0.385. The number of rotatable bonds is 1. The predicted octanol–water partition coefficient (Wildman–Crippen LogP) is 2.97. The molecule has 3 nitrogen and oxygen atoms in total. The summed E-state index contributed by atoms with van der Waals surface area (Å²) in [5, 5.41) is 9.05. The van der Waals surface area contributed by atoms with Gasteiger partial charge in [-0.3, -0.25) is 4.79 Å². The molecule has 1 unspecified atom stereocenters. The lowest BCUT2D eigenvalue weighted by atomic mass is 10.0. The molecule has 0 aliphatic carbocycles. The van der Waals surface area contributed by atoms with E-state index >= 15 is 0 Å². The maximum absolute atomic E-state index is 12.2. The van der Waals surface area contributed by atoms with Crippen molar-refractivity contribution in [1.29, 1.82) is 5.26 Å². The first-order valence-corrected chi connectivity index (χ1v) is 6.48. The quantitative estimate of drug-likeness (QED) is 0.799. The number of likely N-dealkylation sites (tertiary alicyclic amines) is 1. The molecule has 0 bridgehead atoms. The van der Waals surface area contributed by atoms with Crippen molar-refractivity contribution in [2.45, 2.75) is 25.3 Å². The van der Waals surface area contributed by atoms with Crippen molar-refractivity contribution in [1.82, 2.24) is 4.90 Å². The molecule has 1 atom stereocenters. The van der Waals surface area contributed by atoms with Crippen LogP contribution in [-0.2, 0) is 0 Å². The van der Waals surface area contributed by atoms with Gasteiger partial charge in [0.15, 0.2) is 0 Å². The van der Waals surface area contributed by atoms with Gasteiger partial charge in [-0.1, -0.05) is 15.9 Å². The molecule has 1 fully saturated rings. The fourth-order valence-corrected chi connectivity index (χ4v) is 2.33. The van der Waals surface area contributed by atoms with Crippen LogP contribution in [0.2, 0.25) is 0 Å². The third-order valence-electron chi connectivity index (χ3n) is 3.00. The minimum absolute atomic E-state index is 0.0382. The lowest BCUT2D eigenvalue weighted by Crippen LogP contribution is -2.42. The first-order chi connectivity index (χ1) is 8.22. The van der Waals surface area contributed by atoms with Crippen LogP contribution in [0.25, 0.3) is 0 Å². The molecule has 1 heterocycles. The SMILES string of the molecule is N#CC1CCCCN1C(=O)c1ccc(Br)cc1. The van der Waals surface area contributed by atoms with Gasteiger partial charge in [0, 0.05) is 16.6 Å². The Morgan fingerprint density at radius 3 is 2.71 bits per heavy atom. The smallest absolute Gasteiger partial charge is 0.254 e. The van der Waals surface area contributed by atoms with Crippen LogP contribution < -0.4 is 0 Å². The van der Waals surface area contributed by atoms with Gasteiger partial charge < -0.3 is 4.90 Å². The molecular weight excluding hydrogens is 280 g/mol. The molecular formula is C13H13BrN2O. The molecule has 17 heavy (non-hydrogen) atoms. The molecule has 1 aliphatic heterocycles. The van der Waals surface area contributed by atoms with Gasteiger partial charge in [-0.25, -0.2) is 0 Å². The standard InChI is InChI=1S/C13H13BrN2O/c14-11-6-4-10(5-7-11)13(17)16-8-2-1-3-12(16)9-15/h4-7,12H,1-3,8H2. The molecule has 88 valence electrons. The van der Waals surface area contributed by atoms with Crippen LogP contribution in [0.3, 0.4) is 0 Å². The molecule has 1 amide bonds. The second kappa shape index (κ2) is 5.33. The maximum atomic E-state index is 12.2. The van der Waals surface area contributed by atoms with Crippen LogP contribution in [0.5, 0.6) is 0 Å². The number of hydrogen-bond acceptors (Lipinski definition) is 2. The molecule has 0 spiro atoms. The number of amides is 1. The summed E-state index contributed by atoms with van der Waals surface area (Å²) in [6, 6.07) is 9.21. The number of halogens is 1. The Morgan fingerprint density at radius 1 is 1.35 bits per heavy atom. The number of carbonyl (C=O) groups is 1. The van der Waals surface area contributed by atoms with E-state index in [0.717, 1.165) is 23.7 Å². The van der Waals surface area contributed by atoms with Gasteiger partial charge >= 0.3 is 0 Å². The van der Waals surface area contributed by atoms with E-state index in [1.165, 1.54) is 0 Å². The van der Waals surface area contributed by atoms with Crippen molar-refractivity contribution in [2.75, 3.05) is 6.54 Å². The first-order valence-electron chi connectivity index (χ1n) is 5.68. The molecule has 0 saturated carbocycles. The summed E-state index contributed by atoms with van der Waals surface area (Å²) < 4.78 is 0.949.